The normalized spacial score (nSPS) is 12.0. The average molecular weight is 305 g/mol. The molecule has 0 aliphatic carbocycles. The molecule has 0 radical (unpaired) electrons. The molecule has 1 unspecified atom stereocenters. The Labute approximate surface area is 131 Å². The molecule has 0 heterocycles. The summed E-state index contributed by atoms with van der Waals surface area (Å²) in [6, 6.07) is 11.5. The Balaban J connectivity index is 2.31. The van der Waals surface area contributed by atoms with E-state index in [-0.39, 0.29) is 6.04 Å². The van der Waals surface area contributed by atoms with Crippen LogP contribution in [0, 0.1) is 6.92 Å². The highest BCUT2D eigenvalue weighted by molar-refractivity contribution is 6.34. The third-order valence-electron chi connectivity index (χ3n) is 3.46. The molecule has 0 bridgehead atoms. The van der Waals surface area contributed by atoms with Crippen molar-refractivity contribution >= 4 is 23.0 Å². The Morgan fingerprint density at radius 2 is 1.90 bits per heavy atom. The van der Waals surface area contributed by atoms with Crippen LogP contribution in [-0.4, -0.2) is 19.2 Å². The second kappa shape index (κ2) is 6.27. The minimum absolute atomic E-state index is 0.0252. The number of aromatic hydroxyl groups is 1. The second-order valence-electron chi connectivity index (χ2n) is 5.46. The Morgan fingerprint density at radius 3 is 2.52 bits per heavy atom. The highest BCUT2D eigenvalue weighted by Crippen LogP contribution is 2.35. The molecule has 0 saturated carbocycles. The van der Waals surface area contributed by atoms with Crippen LogP contribution in [0.2, 0.25) is 5.02 Å². The number of anilines is 2. The van der Waals surface area contributed by atoms with Gasteiger partial charge in [-0.15, -0.1) is 0 Å². The number of phenols is 1. The van der Waals surface area contributed by atoms with Crippen molar-refractivity contribution in [3.63, 3.8) is 0 Å². The van der Waals surface area contributed by atoms with Crippen molar-refractivity contribution < 1.29 is 5.11 Å². The summed E-state index contributed by atoms with van der Waals surface area (Å²) in [4.78, 5) is 1.98. The third-order valence-corrected chi connectivity index (χ3v) is 3.76. The first-order valence-corrected chi connectivity index (χ1v) is 7.30. The van der Waals surface area contributed by atoms with Gasteiger partial charge in [-0.2, -0.15) is 0 Å². The molecule has 0 aliphatic heterocycles. The number of hydrogen-bond acceptors (Lipinski definition) is 3. The van der Waals surface area contributed by atoms with E-state index in [1.165, 1.54) is 0 Å². The van der Waals surface area contributed by atoms with E-state index in [0.29, 0.717) is 10.8 Å². The summed E-state index contributed by atoms with van der Waals surface area (Å²) in [5, 5.41) is 14.2. The van der Waals surface area contributed by atoms with Gasteiger partial charge < -0.3 is 15.3 Å². The molecular weight excluding hydrogens is 284 g/mol. The topological polar surface area (TPSA) is 35.5 Å². The van der Waals surface area contributed by atoms with E-state index in [1.54, 1.807) is 6.07 Å². The molecule has 4 heteroatoms. The number of benzene rings is 2. The Hall–Kier alpha value is -1.87. The first-order valence-electron chi connectivity index (χ1n) is 6.92. The lowest BCUT2D eigenvalue weighted by Gasteiger charge is -2.23. The van der Waals surface area contributed by atoms with Crippen LogP contribution in [-0.2, 0) is 0 Å². The van der Waals surface area contributed by atoms with Gasteiger partial charge in [0.15, 0.2) is 0 Å². The molecule has 1 atom stereocenters. The molecule has 2 aromatic rings. The Bertz CT molecular complexity index is 641. The molecule has 112 valence electrons. The highest BCUT2D eigenvalue weighted by Gasteiger charge is 2.14. The zero-order valence-electron chi connectivity index (χ0n) is 12.8. The summed E-state index contributed by atoms with van der Waals surface area (Å²) < 4.78 is 0. The van der Waals surface area contributed by atoms with Crippen LogP contribution in [0.15, 0.2) is 36.4 Å². The van der Waals surface area contributed by atoms with E-state index in [2.05, 4.69) is 5.32 Å². The van der Waals surface area contributed by atoms with Crippen LogP contribution in [0.3, 0.4) is 0 Å². The van der Waals surface area contributed by atoms with Gasteiger partial charge in [0.1, 0.15) is 5.75 Å². The summed E-state index contributed by atoms with van der Waals surface area (Å²) in [6.45, 7) is 3.98. The smallest absolute Gasteiger partial charge is 0.121 e. The number of nitrogens with zero attached hydrogens (tertiary/aromatic N) is 1. The SMILES string of the molecule is Cc1ccc(C(C)Nc2cccc(Cl)c2N(C)C)c(O)c1. The third kappa shape index (κ3) is 3.42. The molecule has 3 nitrogen and oxygen atoms in total. The Kier molecular flexibility index (Phi) is 4.63. The summed E-state index contributed by atoms with van der Waals surface area (Å²) in [7, 11) is 3.92. The van der Waals surface area contributed by atoms with Gasteiger partial charge in [-0.05, 0) is 37.6 Å². The maximum absolute atomic E-state index is 10.1. The number of nitrogens with one attached hydrogen (secondary N) is 1. The number of para-hydroxylation sites is 1. The molecule has 2 N–H and O–H groups in total. The van der Waals surface area contributed by atoms with E-state index in [9.17, 15) is 5.11 Å². The quantitative estimate of drug-likeness (QED) is 0.867. The molecule has 2 aromatic carbocycles. The molecule has 0 aromatic heterocycles. The van der Waals surface area contributed by atoms with E-state index in [0.717, 1.165) is 22.5 Å². The lowest BCUT2D eigenvalue weighted by Crippen LogP contribution is -2.14. The van der Waals surface area contributed by atoms with Crippen molar-refractivity contribution in [1.29, 1.82) is 0 Å². The van der Waals surface area contributed by atoms with Crippen molar-refractivity contribution in [2.45, 2.75) is 19.9 Å². The van der Waals surface area contributed by atoms with Gasteiger partial charge in [-0.1, -0.05) is 29.8 Å². The van der Waals surface area contributed by atoms with Crippen molar-refractivity contribution in [2.24, 2.45) is 0 Å². The maximum atomic E-state index is 10.1. The molecule has 2 rings (SSSR count). The number of halogens is 1. The zero-order valence-corrected chi connectivity index (χ0v) is 13.6. The van der Waals surface area contributed by atoms with Crippen molar-refractivity contribution in [3.05, 3.63) is 52.5 Å². The Morgan fingerprint density at radius 1 is 1.19 bits per heavy atom. The molecule has 0 fully saturated rings. The minimum atomic E-state index is -0.0252. The lowest BCUT2D eigenvalue weighted by atomic mass is 10.0. The standard InChI is InChI=1S/C17H21ClN2O/c1-11-8-9-13(16(21)10-11)12(2)19-15-7-5-6-14(18)17(15)20(3)4/h5-10,12,19,21H,1-4H3. The van der Waals surface area contributed by atoms with Crippen LogP contribution in [0.1, 0.15) is 24.1 Å². The van der Waals surface area contributed by atoms with Crippen LogP contribution in [0.4, 0.5) is 11.4 Å². The number of rotatable bonds is 4. The van der Waals surface area contributed by atoms with Gasteiger partial charge >= 0.3 is 0 Å². The fourth-order valence-corrected chi connectivity index (χ4v) is 2.76. The van der Waals surface area contributed by atoms with Gasteiger partial charge in [0, 0.05) is 19.7 Å². The van der Waals surface area contributed by atoms with E-state index in [1.807, 2.05) is 63.2 Å². The number of hydrogen-bond donors (Lipinski definition) is 2. The van der Waals surface area contributed by atoms with Gasteiger partial charge in [0.05, 0.1) is 22.4 Å². The fourth-order valence-electron chi connectivity index (χ4n) is 2.42. The minimum Gasteiger partial charge on any atom is -0.508 e. The van der Waals surface area contributed by atoms with Crippen molar-refractivity contribution in [1.82, 2.24) is 0 Å². The predicted octanol–water partition coefficient (Wildman–Crippen LogP) is 4.59. The lowest BCUT2D eigenvalue weighted by molar-refractivity contribution is 0.465. The van der Waals surface area contributed by atoms with Gasteiger partial charge in [0.2, 0.25) is 0 Å². The van der Waals surface area contributed by atoms with E-state index < -0.39 is 0 Å². The second-order valence-corrected chi connectivity index (χ2v) is 5.87. The first-order chi connectivity index (χ1) is 9.90. The highest BCUT2D eigenvalue weighted by atomic mass is 35.5. The van der Waals surface area contributed by atoms with Crippen LogP contribution in [0.25, 0.3) is 0 Å². The fraction of sp³-hybridized carbons (Fsp3) is 0.294. The average Bonchev–Trinajstić information content (AvgIpc) is 2.37. The predicted molar refractivity (Wildman–Crippen MR) is 90.7 cm³/mol. The van der Waals surface area contributed by atoms with E-state index in [4.69, 9.17) is 11.6 Å². The van der Waals surface area contributed by atoms with E-state index >= 15 is 0 Å². The van der Waals surface area contributed by atoms with Crippen LogP contribution >= 0.6 is 11.6 Å². The zero-order chi connectivity index (χ0) is 15.6. The molecule has 21 heavy (non-hydrogen) atoms. The summed E-state index contributed by atoms with van der Waals surface area (Å²) in [6.07, 6.45) is 0. The molecule has 0 aliphatic rings. The molecular formula is C17H21ClN2O. The van der Waals surface area contributed by atoms with Gasteiger partial charge in [0.25, 0.3) is 0 Å². The summed E-state index contributed by atoms with van der Waals surface area (Å²) in [5.74, 6) is 0.309. The maximum Gasteiger partial charge on any atom is 0.121 e. The van der Waals surface area contributed by atoms with Gasteiger partial charge in [-0.3, -0.25) is 0 Å². The summed E-state index contributed by atoms with van der Waals surface area (Å²) in [5.41, 5.74) is 3.79. The van der Waals surface area contributed by atoms with Crippen LogP contribution in [0.5, 0.6) is 5.75 Å². The monoisotopic (exact) mass is 304 g/mol. The van der Waals surface area contributed by atoms with Gasteiger partial charge in [-0.25, -0.2) is 0 Å². The summed E-state index contributed by atoms with van der Waals surface area (Å²) >= 11 is 6.27. The number of phenolic OH excluding ortho intramolecular Hbond substituents is 1. The van der Waals surface area contributed by atoms with Crippen LogP contribution < -0.4 is 10.2 Å². The molecule has 0 amide bonds. The largest absolute Gasteiger partial charge is 0.508 e. The van der Waals surface area contributed by atoms with Crippen molar-refractivity contribution in [3.8, 4) is 5.75 Å². The molecule has 0 saturated heterocycles. The molecule has 0 spiro atoms. The number of aryl methyl sites for hydroxylation is 1. The van der Waals surface area contributed by atoms with Crippen molar-refractivity contribution in [2.75, 3.05) is 24.3 Å². The first kappa shape index (κ1) is 15.5.